The zero-order valence-electron chi connectivity index (χ0n) is 24.6. The molecule has 8 nitrogen and oxygen atoms in total. The zero-order chi connectivity index (χ0) is 31.1. The summed E-state index contributed by atoms with van der Waals surface area (Å²) in [5, 5.41) is 5.54. The van der Waals surface area contributed by atoms with Crippen LogP contribution in [-0.2, 0) is 22.8 Å². The number of anilines is 2. The Hall–Kier alpha value is -4.25. The van der Waals surface area contributed by atoms with Crippen molar-refractivity contribution in [3.05, 3.63) is 82.4 Å². The molecule has 2 fully saturated rings. The van der Waals surface area contributed by atoms with E-state index in [1.54, 1.807) is 12.1 Å². The Labute approximate surface area is 253 Å². The molecule has 2 heterocycles. The average Bonchev–Trinajstić information content (AvgIpc) is 3.67. The molecule has 0 unspecified atom stereocenters. The summed E-state index contributed by atoms with van der Waals surface area (Å²) < 4.78 is 47.5. The lowest BCUT2D eigenvalue weighted by Gasteiger charge is -2.29. The van der Waals surface area contributed by atoms with E-state index in [0.717, 1.165) is 48.8 Å². The predicted octanol–water partition coefficient (Wildman–Crippen LogP) is 6.02. The van der Waals surface area contributed by atoms with E-state index < -0.39 is 23.1 Å². The lowest BCUT2D eigenvalue weighted by molar-refractivity contribution is -0.139. The second kappa shape index (κ2) is 11.7. The van der Waals surface area contributed by atoms with E-state index in [0.29, 0.717) is 30.6 Å². The molecule has 44 heavy (non-hydrogen) atoms. The van der Waals surface area contributed by atoms with Crippen LogP contribution in [0.1, 0.15) is 64.1 Å². The summed E-state index contributed by atoms with van der Waals surface area (Å²) in [6.07, 6.45) is 4.51. The van der Waals surface area contributed by atoms with E-state index in [1.165, 1.54) is 24.5 Å². The van der Waals surface area contributed by atoms with Gasteiger partial charge in [0, 0.05) is 28.9 Å². The van der Waals surface area contributed by atoms with E-state index >= 15 is 0 Å². The van der Waals surface area contributed by atoms with Crippen LogP contribution in [0.5, 0.6) is 5.75 Å². The first-order valence-corrected chi connectivity index (χ1v) is 14.8. The van der Waals surface area contributed by atoms with E-state index in [-0.39, 0.29) is 35.4 Å². The third-order valence-corrected chi connectivity index (χ3v) is 8.80. The van der Waals surface area contributed by atoms with Crippen molar-refractivity contribution in [3.63, 3.8) is 0 Å². The second-order valence-electron chi connectivity index (χ2n) is 12.0. The maximum Gasteiger partial charge on any atom is 0.420 e. The lowest BCUT2D eigenvalue weighted by atomic mass is 9.95. The summed E-state index contributed by atoms with van der Waals surface area (Å²) in [7, 11) is 2.02. The number of benzene rings is 2. The van der Waals surface area contributed by atoms with Gasteiger partial charge in [0.2, 0.25) is 5.91 Å². The Morgan fingerprint density at radius 1 is 1.07 bits per heavy atom. The number of likely N-dealkylation sites (tertiary alicyclic amines) is 1. The average molecular weight is 606 g/mol. The molecule has 0 atom stereocenters. The van der Waals surface area contributed by atoms with Gasteiger partial charge in [0.25, 0.3) is 5.91 Å². The number of aromatic nitrogens is 2. The van der Waals surface area contributed by atoms with Gasteiger partial charge < -0.3 is 20.3 Å². The lowest BCUT2D eigenvalue weighted by Crippen LogP contribution is -2.32. The highest BCUT2D eigenvalue weighted by Crippen LogP contribution is 2.50. The SMILES string of the molecule is Cc1ccc(C(=O)Nc2ccc(OCC3CCN(C)CC3)c(C(F)(F)F)c2)cc1NC(=O)C1(c2ncnc3c2C=CC3)CC1. The van der Waals surface area contributed by atoms with Crippen LogP contribution < -0.4 is 15.4 Å². The molecule has 6 rings (SSSR count). The monoisotopic (exact) mass is 605 g/mol. The topological polar surface area (TPSA) is 96.5 Å². The van der Waals surface area contributed by atoms with Crippen molar-refractivity contribution in [2.45, 2.75) is 50.6 Å². The number of hydrogen-bond acceptors (Lipinski definition) is 6. The second-order valence-corrected chi connectivity index (χ2v) is 12.0. The number of hydrogen-bond donors (Lipinski definition) is 2. The number of amides is 2. The van der Waals surface area contributed by atoms with Crippen LogP contribution in [0.15, 0.2) is 48.8 Å². The van der Waals surface area contributed by atoms with Crippen LogP contribution in [-0.4, -0.2) is 53.4 Å². The van der Waals surface area contributed by atoms with Crippen LogP contribution in [0.4, 0.5) is 24.5 Å². The predicted molar refractivity (Wildman–Crippen MR) is 161 cm³/mol. The van der Waals surface area contributed by atoms with Crippen LogP contribution in [0, 0.1) is 12.8 Å². The van der Waals surface area contributed by atoms with Gasteiger partial charge in [-0.15, -0.1) is 0 Å². The zero-order valence-corrected chi connectivity index (χ0v) is 24.6. The highest BCUT2D eigenvalue weighted by molar-refractivity contribution is 6.07. The van der Waals surface area contributed by atoms with Gasteiger partial charge in [-0.3, -0.25) is 9.59 Å². The quantitative estimate of drug-likeness (QED) is 0.326. The molecule has 2 aromatic carbocycles. The van der Waals surface area contributed by atoms with Crippen LogP contribution in [0.2, 0.25) is 0 Å². The van der Waals surface area contributed by atoms with Crippen molar-refractivity contribution in [2.75, 3.05) is 37.4 Å². The highest BCUT2D eigenvalue weighted by Gasteiger charge is 2.54. The van der Waals surface area contributed by atoms with Crippen molar-refractivity contribution in [1.82, 2.24) is 14.9 Å². The number of rotatable bonds is 8. The summed E-state index contributed by atoms with van der Waals surface area (Å²) in [4.78, 5) is 37.7. The molecule has 1 saturated heterocycles. The van der Waals surface area contributed by atoms with E-state index in [4.69, 9.17) is 4.74 Å². The summed E-state index contributed by atoms with van der Waals surface area (Å²) in [6.45, 7) is 3.79. The number of allylic oxidation sites excluding steroid dienone is 1. The van der Waals surface area contributed by atoms with Gasteiger partial charge in [-0.1, -0.05) is 18.2 Å². The largest absolute Gasteiger partial charge is 0.493 e. The van der Waals surface area contributed by atoms with Crippen molar-refractivity contribution < 1.29 is 27.5 Å². The van der Waals surface area contributed by atoms with Gasteiger partial charge in [-0.25, -0.2) is 9.97 Å². The van der Waals surface area contributed by atoms with Crippen molar-refractivity contribution in [3.8, 4) is 5.75 Å². The number of halogens is 3. The number of piperidine rings is 1. The Bertz CT molecular complexity index is 1630. The molecule has 0 spiro atoms. The van der Waals surface area contributed by atoms with Crippen LogP contribution in [0.3, 0.4) is 0 Å². The Morgan fingerprint density at radius 3 is 2.57 bits per heavy atom. The van der Waals surface area contributed by atoms with Gasteiger partial charge >= 0.3 is 6.18 Å². The summed E-state index contributed by atoms with van der Waals surface area (Å²) in [5.41, 5.74) is 2.15. The Balaban J connectivity index is 1.16. The Morgan fingerprint density at radius 2 is 1.84 bits per heavy atom. The van der Waals surface area contributed by atoms with Crippen LogP contribution >= 0.6 is 0 Å². The van der Waals surface area contributed by atoms with Gasteiger partial charge in [-0.2, -0.15) is 13.2 Å². The number of carbonyl (C=O) groups excluding carboxylic acids is 2. The molecule has 2 amide bonds. The molecule has 11 heteroatoms. The first kappa shape index (κ1) is 29.8. The molecule has 230 valence electrons. The van der Waals surface area contributed by atoms with Crippen molar-refractivity contribution in [2.24, 2.45) is 5.92 Å². The fourth-order valence-electron chi connectivity index (χ4n) is 5.87. The number of fused-ring (bicyclic) bond motifs is 1. The number of nitrogens with zero attached hydrogens (tertiary/aromatic N) is 3. The maximum atomic E-state index is 14.0. The number of ether oxygens (including phenoxy) is 1. The number of nitrogens with one attached hydrogen (secondary N) is 2. The summed E-state index contributed by atoms with van der Waals surface area (Å²) in [5.74, 6) is -0.886. The fourth-order valence-corrected chi connectivity index (χ4v) is 5.87. The molecular formula is C33H34F3N5O3. The first-order chi connectivity index (χ1) is 21.0. The minimum absolute atomic E-state index is 0.0114. The van der Waals surface area contributed by atoms with Crippen LogP contribution in [0.25, 0.3) is 6.08 Å². The number of carbonyl (C=O) groups is 2. The summed E-state index contributed by atoms with van der Waals surface area (Å²) in [6, 6.07) is 8.34. The van der Waals surface area contributed by atoms with E-state index in [9.17, 15) is 22.8 Å². The third-order valence-electron chi connectivity index (χ3n) is 8.80. The van der Waals surface area contributed by atoms with Gasteiger partial charge in [-0.05, 0) is 94.6 Å². The molecule has 1 aromatic heterocycles. The highest BCUT2D eigenvalue weighted by atomic mass is 19.4. The van der Waals surface area contributed by atoms with Gasteiger partial charge in [0.1, 0.15) is 12.1 Å². The molecule has 0 radical (unpaired) electrons. The molecule has 1 saturated carbocycles. The molecule has 0 bridgehead atoms. The van der Waals surface area contributed by atoms with Crippen molar-refractivity contribution >= 4 is 29.3 Å². The first-order valence-electron chi connectivity index (χ1n) is 14.8. The maximum absolute atomic E-state index is 14.0. The van der Waals surface area contributed by atoms with Crippen molar-refractivity contribution in [1.29, 1.82) is 0 Å². The normalized spacial score (nSPS) is 17.7. The van der Waals surface area contributed by atoms with E-state index in [2.05, 4.69) is 25.5 Å². The molecule has 1 aliphatic heterocycles. The smallest absolute Gasteiger partial charge is 0.420 e. The third kappa shape index (κ3) is 6.06. The fraction of sp³-hybridized carbons (Fsp3) is 0.394. The van der Waals surface area contributed by atoms with E-state index in [1.807, 2.05) is 26.1 Å². The van der Waals surface area contributed by atoms with Gasteiger partial charge in [0.15, 0.2) is 0 Å². The molecule has 2 N–H and O–H groups in total. The standard InChI is InChI=1S/C33H34F3N5O3/c1-20-6-7-22(16-27(20)40-31(43)32(12-13-32)29-24-4-3-5-26(24)37-19-38-29)30(42)39-23-8-9-28(25(17-23)33(34,35)36)44-18-21-10-14-41(2)15-11-21/h3-4,6-9,16-17,19,21H,5,10-15,18H2,1-2H3,(H,39,42)(H,40,43). The Kier molecular flexibility index (Phi) is 7.91. The van der Waals surface area contributed by atoms with Gasteiger partial charge in [0.05, 0.1) is 29.0 Å². The molecule has 3 aliphatic rings. The molecular weight excluding hydrogens is 571 g/mol. The number of alkyl halides is 3. The number of aryl methyl sites for hydroxylation is 1. The summed E-state index contributed by atoms with van der Waals surface area (Å²) >= 11 is 0. The molecule has 3 aromatic rings. The molecule has 2 aliphatic carbocycles. The minimum atomic E-state index is -4.66. The minimum Gasteiger partial charge on any atom is -0.493 e.